The molecule has 0 aromatic rings. The first-order chi connectivity index (χ1) is 7.59. The van der Waals surface area contributed by atoms with Gasteiger partial charge in [0.25, 0.3) is 0 Å². The van der Waals surface area contributed by atoms with Crippen LogP contribution in [-0.4, -0.2) is 31.7 Å². The van der Waals surface area contributed by atoms with Crippen LogP contribution in [0.15, 0.2) is 0 Å². The lowest BCUT2D eigenvalue weighted by atomic mass is 10.0. The average Bonchev–Trinajstić information content (AvgIpc) is 2.69. The molecule has 4 heteroatoms. The molecule has 1 heterocycles. The Labute approximate surface area is 97.9 Å². The van der Waals surface area contributed by atoms with Gasteiger partial charge in [-0.15, -0.1) is 0 Å². The maximum atomic E-state index is 11.6. The summed E-state index contributed by atoms with van der Waals surface area (Å²) in [4.78, 5) is 11.6. The summed E-state index contributed by atoms with van der Waals surface area (Å²) in [6.07, 6.45) is 2.87. The van der Waals surface area contributed by atoms with E-state index in [9.17, 15) is 4.79 Å². The fraction of sp³-hybridized carbons (Fsp3) is 0.917. The molecule has 1 aliphatic heterocycles. The molecule has 0 aromatic carbocycles. The van der Waals surface area contributed by atoms with Crippen LogP contribution in [-0.2, 0) is 9.53 Å². The predicted octanol–water partition coefficient (Wildman–Crippen LogP) is 0.903. The molecule has 3 N–H and O–H groups in total. The molecule has 16 heavy (non-hydrogen) atoms. The minimum Gasteiger partial charge on any atom is -0.381 e. The lowest BCUT2D eigenvalue weighted by molar-refractivity contribution is -0.122. The number of carbonyl (C=O) groups is 1. The summed E-state index contributed by atoms with van der Waals surface area (Å²) in [5.41, 5.74) is 5.78. The highest BCUT2D eigenvalue weighted by molar-refractivity contribution is 5.81. The van der Waals surface area contributed by atoms with E-state index in [1.165, 1.54) is 0 Å². The second kappa shape index (κ2) is 6.86. The van der Waals surface area contributed by atoms with E-state index in [2.05, 4.69) is 19.2 Å². The van der Waals surface area contributed by atoms with Crippen LogP contribution in [0, 0.1) is 11.8 Å². The fourth-order valence-electron chi connectivity index (χ4n) is 1.96. The third-order valence-corrected chi connectivity index (χ3v) is 2.94. The van der Waals surface area contributed by atoms with Crippen LogP contribution in [0.4, 0.5) is 0 Å². The summed E-state index contributed by atoms with van der Waals surface area (Å²) in [6, 6.07) is -0.361. The van der Waals surface area contributed by atoms with Gasteiger partial charge in [0.1, 0.15) is 0 Å². The van der Waals surface area contributed by atoms with E-state index in [1.807, 2.05) is 0 Å². The minimum absolute atomic E-state index is 0.0207. The van der Waals surface area contributed by atoms with Gasteiger partial charge in [0.05, 0.1) is 6.04 Å². The standard InChI is InChI=1S/C12H24N2O2/c1-9(2)7-11(13)12(15)14-5-3-10-4-6-16-8-10/h9-11H,3-8,13H2,1-2H3,(H,14,15)/t10?,11-/m0/s1. The summed E-state index contributed by atoms with van der Waals surface area (Å²) in [7, 11) is 0. The lowest BCUT2D eigenvalue weighted by Gasteiger charge is -2.15. The number of amides is 1. The van der Waals surface area contributed by atoms with Crippen molar-refractivity contribution in [1.29, 1.82) is 0 Å². The molecule has 0 radical (unpaired) electrons. The van der Waals surface area contributed by atoms with Gasteiger partial charge in [-0.25, -0.2) is 0 Å². The van der Waals surface area contributed by atoms with E-state index in [-0.39, 0.29) is 11.9 Å². The monoisotopic (exact) mass is 228 g/mol. The number of rotatable bonds is 6. The quantitative estimate of drug-likeness (QED) is 0.710. The molecular weight excluding hydrogens is 204 g/mol. The van der Waals surface area contributed by atoms with Gasteiger partial charge >= 0.3 is 0 Å². The Balaban J connectivity index is 2.09. The first-order valence-electron chi connectivity index (χ1n) is 6.20. The van der Waals surface area contributed by atoms with Crippen molar-refractivity contribution in [2.24, 2.45) is 17.6 Å². The van der Waals surface area contributed by atoms with Gasteiger partial charge in [0, 0.05) is 19.8 Å². The SMILES string of the molecule is CC(C)C[C@H](N)C(=O)NCCC1CCOC1. The fourth-order valence-corrected chi connectivity index (χ4v) is 1.96. The number of nitrogens with one attached hydrogen (secondary N) is 1. The molecule has 1 aliphatic rings. The molecule has 1 unspecified atom stereocenters. The molecule has 0 saturated carbocycles. The molecule has 94 valence electrons. The van der Waals surface area contributed by atoms with Crippen LogP contribution in [0.1, 0.15) is 33.1 Å². The maximum Gasteiger partial charge on any atom is 0.236 e. The molecule has 4 nitrogen and oxygen atoms in total. The van der Waals surface area contributed by atoms with Crippen molar-refractivity contribution in [3.63, 3.8) is 0 Å². The van der Waals surface area contributed by atoms with E-state index >= 15 is 0 Å². The maximum absolute atomic E-state index is 11.6. The summed E-state index contributed by atoms with van der Waals surface area (Å²) < 4.78 is 5.28. The van der Waals surface area contributed by atoms with Crippen LogP contribution >= 0.6 is 0 Å². The van der Waals surface area contributed by atoms with Crippen molar-refractivity contribution in [3.05, 3.63) is 0 Å². The van der Waals surface area contributed by atoms with Crippen molar-refractivity contribution >= 4 is 5.91 Å². The molecule has 1 amide bonds. The second-order valence-corrected chi connectivity index (χ2v) is 5.05. The zero-order chi connectivity index (χ0) is 12.0. The van der Waals surface area contributed by atoms with E-state index in [0.29, 0.717) is 11.8 Å². The van der Waals surface area contributed by atoms with Gasteiger partial charge in [-0.3, -0.25) is 4.79 Å². The lowest BCUT2D eigenvalue weighted by Crippen LogP contribution is -2.42. The van der Waals surface area contributed by atoms with Crippen LogP contribution in [0.25, 0.3) is 0 Å². The topological polar surface area (TPSA) is 64.4 Å². The Morgan fingerprint density at radius 3 is 2.88 bits per heavy atom. The minimum atomic E-state index is -0.361. The summed E-state index contributed by atoms with van der Waals surface area (Å²) >= 11 is 0. The number of hydrogen-bond acceptors (Lipinski definition) is 3. The van der Waals surface area contributed by atoms with Crippen molar-refractivity contribution in [2.75, 3.05) is 19.8 Å². The van der Waals surface area contributed by atoms with Crippen molar-refractivity contribution in [1.82, 2.24) is 5.32 Å². The Bertz CT molecular complexity index is 213. The Hall–Kier alpha value is -0.610. The van der Waals surface area contributed by atoms with Crippen molar-refractivity contribution in [3.8, 4) is 0 Å². The van der Waals surface area contributed by atoms with Gasteiger partial charge < -0.3 is 15.8 Å². The highest BCUT2D eigenvalue weighted by atomic mass is 16.5. The number of nitrogens with two attached hydrogens (primary N) is 1. The zero-order valence-electron chi connectivity index (χ0n) is 10.4. The molecule has 0 aliphatic carbocycles. The van der Waals surface area contributed by atoms with Gasteiger partial charge in [-0.05, 0) is 31.1 Å². The van der Waals surface area contributed by atoms with E-state index in [0.717, 1.165) is 39.0 Å². The number of hydrogen-bond donors (Lipinski definition) is 2. The van der Waals surface area contributed by atoms with E-state index in [4.69, 9.17) is 10.5 Å². The first kappa shape index (κ1) is 13.5. The van der Waals surface area contributed by atoms with Crippen LogP contribution in [0.5, 0.6) is 0 Å². The largest absolute Gasteiger partial charge is 0.381 e. The molecule has 1 fully saturated rings. The van der Waals surface area contributed by atoms with Crippen molar-refractivity contribution in [2.45, 2.75) is 39.2 Å². The average molecular weight is 228 g/mol. The molecule has 1 saturated heterocycles. The normalized spacial score (nSPS) is 22.4. The van der Waals surface area contributed by atoms with Crippen LogP contribution in [0.2, 0.25) is 0 Å². The molecular formula is C12H24N2O2. The van der Waals surface area contributed by atoms with Gasteiger partial charge in [0.15, 0.2) is 0 Å². The third kappa shape index (κ3) is 4.94. The second-order valence-electron chi connectivity index (χ2n) is 5.05. The Kier molecular flexibility index (Phi) is 5.77. The molecule has 1 rings (SSSR count). The Morgan fingerprint density at radius 1 is 1.56 bits per heavy atom. The third-order valence-electron chi connectivity index (χ3n) is 2.94. The van der Waals surface area contributed by atoms with Gasteiger partial charge in [-0.1, -0.05) is 13.8 Å². The van der Waals surface area contributed by atoms with Crippen LogP contribution in [0.3, 0.4) is 0 Å². The van der Waals surface area contributed by atoms with Gasteiger partial charge in [0.2, 0.25) is 5.91 Å². The highest BCUT2D eigenvalue weighted by Gasteiger charge is 2.17. The molecule has 0 aromatic heterocycles. The number of ether oxygens (including phenoxy) is 1. The number of carbonyl (C=O) groups excluding carboxylic acids is 1. The van der Waals surface area contributed by atoms with E-state index < -0.39 is 0 Å². The zero-order valence-corrected chi connectivity index (χ0v) is 10.4. The predicted molar refractivity (Wildman–Crippen MR) is 64.0 cm³/mol. The molecule has 0 spiro atoms. The molecule has 2 atom stereocenters. The van der Waals surface area contributed by atoms with Gasteiger partial charge in [-0.2, -0.15) is 0 Å². The van der Waals surface area contributed by atoms with Crippen molar-refractivity contribution < 1.29 is 9.53 Å². The molecule has 0 bridgehead atoms. The van der Waals surface area contributed by atoms with E-state index in [1.54, 1.807) is 0 Å². The Morgan fingerprint density at radius 2 is 2.31 bits per heavy atom. The first-order valence-corrected chi connectivity index (χ1v) is 6.20. The summed E-state index contributed by atoms with van der Waals surface area (Å²) in [6.45, 7) is 6.57. The highest BCUT2D eigenvalue weighted by Crippen LogP contribution is 2.15. The van der Waals surface area contributed by atoms with Crippen LogP contribution < -0.4 is 11.1 Å². The summed E-state index contributed by atoms with van der Waals surface area (Å²) in [5.74, 6) is 1.05. The smallest absolute Gasteiger partial charge is 0.236 e. The summed E-state index contributed by atoms with van der Waals surface area (Å²) in [5, 5.41) is 2.90.